The lowest BCUT2D eigenvalue weighted by Gasteiger charge is -2.20. The molecule has 0 aliphatic carbocycles. The fourth-order valence-electron chi connectivity index (χ4n) is 3.27. The van der Waals surface area contributed by atoms with E-state index >= 15 is 0 Å². The molecule has 30 heavy (non-hydrogen) atoms. The quantitative estimate of drug-likeness (QED) is 0.469. The molecule has 0 amide bonds. The Labute approximate surface area is 177 Å². The lowest BCUT2D eigenvalue weighted by Crippen LogP contribution is -2.16. The van der Waals surface area contributed by atoms with Crippen LogP contribution in [0, 0.1) is 5.82 Å². The molecule has 0 bridgehead atoms. The molecule has 0 aliphatic heterocycles. The van der Waals surface area contributed by atoms with Crippen LogP contribution >= 0.6 is 11.6 Å². The van der Waals surface area contributed by atoms with Gasteiger partial charge in [-0.05, 0) is 47.0 Å². The van der Waals surface area contributed by atoms with Crippen LogP contribution in [-0.4, -0.2) is 33.8 Å². The molecule has 8 heteroatoms. The summed E-state index contributed by atoms with van der Waals surface area (Å²) < 4.78 is 18.9. The number of hydrogen-bond donors (Lipinski definition) is 2. The number of nitrogens with one attached hydrogen (secondary N) is 1. The van der Waals surface area contributed by atoms with Crippen molar-refractivity contribution in [1.29, 1.82) is 0 Å². The lowest BCUT2D eigenvalue weighted by atomic mass is 10.0. The Hall–Kier alpha value is -3.29. The molecule has 6 nitrogen and oxygen atoms in total. The zero-order valence-corrected chi connectivity index (χ0v) is 16.8. The summed E-state index contributed by atoms with van der Waals surface area (Å²) in [7, 11) is 1.56. The summed E-state index contributed by atoms with van der Waals surface area (Å²) in [5, 5.41) is 14.3. The molecule has 1 atom stereocenters. The predicted octanol–water partition coefficient (Wildman–Crippen LogP) is 4.64. The van der Waals surface area contributed by atoms with Crippen molar-refractivity contribution in [3.05, 3.63) is 77.6 Å². The first kappa shape index (κ1) is 20.0. The van der Waals surface area contributed by atoms with Crippen molar-refractivity contribution in [3.8, 4) is 16.9 Å². The number of benzene rings is 2. The molecule has 2 heterocycles. The third-order valence-electron chi connectivity index (χ3n) is 4.77. The van der Waals surface area contributed by atoms with Crippen LogP contribution in [0.1, 0.15) is 11.6 Å². The topological polar surface area (TPSA) is 80.2 Å². The highest BCUT2D eigenvalue weighted by Crippen LogP contribution is 2.35. The van der Waals surface area contributed by atoms with Gasteiger partial charge in [0.05, 0.1) is 24.8 Å². The Kier molecular flexibility index (Phi) is 5.74. The molecule has 4 aromatic rings. The van der Waals surface area contributed by atoms with Gasteiger partial charge in [-0.3, -0.25) is 4.98 Å². The molecule has 152 valence electrons. The SMILES string of the molecule is COc1cc(-c2ccc(F)cc2)cc2c(NC(CO)c3ccncc3Cl)ncnc12. The van der Waals surface area contributed by atoms with Crippen molar-refractivity contribution >= 4 is 28.3 Å². The normalized spacial score (nSPS) is 12.0. The zero-order chi connectivity index (χ0) is 21.1. The number of fused-ring (bicyclic) bond motifs is 1. The van der Waals surface area contributed by atoms with Gasteiger partial charge in [0, 0.05) is 17.8 Å². The molecule has 0 radical (unpaired) electrons. The lowest BCUT2D eigenvalue weighted by molar-refractivity contribution is 0.276. The summed E-state index contributed by atoms with van der Waals surface area (Å²) in [5.41, 5.74) is 2.95. The van der Waals surface area contributed by atoms with Crippen LogP contribution in [0.4, 0.5) is 10.2 Å². The number of rotatable bonds is 6. The summed E-state index contributed by atoms with van der Waals surface area (Å²) in [4.78, 5) is 12.7. The largest absolute Gasteiger partial charge is 0.494 e. The third kappa shape index (κ3) is 3.90. The summed E-state index contributed by atoms with van der Waals surface area (Å²) in [6, 6.07) is 11.2. The Morgan fingerprint density at radius 2 is 1.93 bits per heavy atom. The minimum atomic E-state index is -0.501. The van der Waals surface area contributed by atoms with Gasteiger partial charge in [-0.15, -0.1) is 0 Å². The maximum absolute atomic E-state index is 13.3. The summed E-state index contributed by atoms with van der Waals surface area (Å²) >= 11 is 6.25. The number of pyridine rings is 1. The second-order valence-corrected chi connectivity index (χ2v) is 6.99. The molecular weight excluding hydrogens is 407 g/mol. The van der Waals surface area contributed by atoms with Crippen LogP contribution in [0.2, 0.25) is 5.02 Å². The predicted molar refractivity (Wildman–Crippen MR) is 114 cm³/mol. The minimum absolute atomic E-state index is 0.204. The second kappa shape index (κ2) is 8.61. The highest BCUT2D eigenvalue weighted by molar-refractivity contribution is 6.31. The molecule has 4 rings (SSSR count). The number of nitrogens with zero attached hydrogens (tertiary/aromatic N) is 3. The Balaban J connectivity index is 1.82. The van der Waals surface area contributed by atoms with Crippen LogP contribution in [0.15, 0.2) is 61.2 Å². The van der Waals surface area contributed by atoms with Crippen molar-refractivity contribution in [2.45, 2.75) is 6.04 Å². The summed E-state index contributed by atoms with van der Waals surface area (Å²) in [5.74, 6) is 0.756. The van der Waals surface area contributed by atoms with Gasteiger partial charge in [-0.1, -0.05) is 23.7 Å². The fourth-order valence-corrected chi connectivity index (χ4v) is 3.52. The zero-order valence-electron chi connectivity index (χ0n) is 16.0. The Bertz CT molecular complexity index is 1190. The Morgan fingerprint density at radius 3 is 2.63 bits per heavy atom. The van der Waals surface area contributed by atoms with Gasteiger partial charge >= 0.3 is 0 Å². The van der Waals surface area contributed by atoms with Gasteiger partial charge in [-0.25, -0.2) is 14.4 Å². The van der Waals surface area contributed by atoms with Crippen LogP contribution in [0.5, 0.6) is 5.75 Å². The number of aromatic nitrogens is 3. The average Bonchev–Trinajstić information content (AvgIpc) is 2.78. The molecule has 0 aliphatic rings. The third-order valence-corrected chi connectivity index (χ3v) is 5.09. The van der Waals surface area contributed by atoms with E-state index < -0.39 is 6.04 Å². The number of halogens is 2. The van der Waals surface area contributed by atoms with Crippen LogP contribution in [0.3, 0.4) is 0 Å². The number of anilines is 1. The second-order valence-electron chi connectivity index (χ2n) is 6.58. The maximum atomic E-state index is 13.3. The Morgan fingerprint density at radius 1 is 1.13 bits per heavy atom. The van der Waals surface area contributed by atoms with E-state index in [4.69, 9.17) is 16.3 Å². The van der Waals surface area contributed by atoms with Crippen molar-refractivity contribution in [1.82, 2.24) is 15.0 Å². The maximum Gasteiger partial charge on any atom is 0.145 e. The number of methoxy groups -OCH3 is 1. The average molecular weight is 425 g/mol. The monoisotopic (exact) mass is 424 g/mol. The van der Waals surface area contributed by atoms with E-state index in [1.165, 1.54) is 24.7 Å². The van der Waals surface area contributed by atoms with Crippen molar-refractivity contribution in [2.24, 2.45) is 0 Å². The molecule has 0 saturated carbocycles. The van der Waals surface area contributed by atoms with E-state index in [1.807, 2.05) is 12.1 Å². The van der Waals surface area contributed by atoms with E-state index in [1.54, 1.807) is 31.5 Å². The van der Waals surface area contributed by atoms with E-state index in [-0.39, 0.29) is 12.4 Å². The molecule has 2 N–H and O–H groups in total. The number of ether oxygens (including phenoxy) is 1. The van der Waals surface area contributed by atoms with Gasteiger partial charge in [0.1, 0.15) is 29.2 Å². The highest BCUT2D eigenvalue weighted by Gasteiger charge is 2.18. The van der Waals surface area contributed by atoms with Gasteiger partial charge in [0.25, 0.3) is 0 Å². The molecule has 0 spiro atoms. The van der Waals surface area contributed by atoms with Crippen LogP contribution in [0.25, 0.3) is 22.0 Å². The number of aliphatic hydroxyl groups excluding tert-OH is 1. The highest BCUT2D eigenvalue weighted by atomic mass is 35.5. The van der Waals surface area contributed by atoms with Gasteiger partial charge in [0.15, 0.2) is 0 Å². The molecule has 0 fully saturated rings. The standard InChI is InChI=1S/C22H18ClFN4O2/c1-30-20-9-14(13-2-4-15(24)5-3-13)8-17-21(20)26-12-27-22(17)28-19(11-29)16-6-7-25-10-18(16)23/h2-10,12,19,29H,11H2,1H3,(H,26,27,28). The molecule has 1 unspecified atom stereocenters. The van der Waals surface area contributed by atoms with E-state index in [9.17, 15) is 9.50 Å². The van der Waals surface area contributed by atoms with E-state index in [2.05, 4.69) is 20.3 Å². The summed E-state index contributed by atoms with van der Waals surface area (Å²) in [6.07, 6.45) is 4.56. The first-order valence-corrected chi connectivity index (χ1v) is 9.54. The first-order chi connectivity index (χ1) is 14.6. The van der Waals surface area contributed by atoms with E-state index in [0.717, 1.165) is 11.1 Å². The van der Waals surface area contributed by atoms with Gasteiger partial charge < -0.3 is 15.2 Å². The minimum Gasteiger partial charge on any atom is -0.494 e. The fraction of sp³-hybridized carbons (Fsp3) is 0.136. The summed E-state index contributed by atoms with van der Waals surface area (Å²) in [6.45, 7) is -0.204. The van der Waals surface area contributed by atoms with Gasteiger partial charge in [-0.2, -0.15) is 0 Å². The van der Waals surface area contributed by atoms with Crippen molar-refractivity contribution in [3.63, 3.8) is 0 Å². The van der Waals surface area contributed by atoms with Crippen molar-refractivity contribution < 1.29 is 14.2 Å². The molecule has 0 saturated heterocycles. The molecular formula is C22H18ClFN4O2. The number of aliphatic hydroxyl groups is 1. The van der Waals surface area contributed by atoms with Crippen molar-refractivity contribution in [2.75, 3.05) is 19.0 Å². The van der Waals surface area contributed by atoms with Crippen LogP contribution in [-0.2, 0) is 0 Å². The molecule has 2 aromatic heterocycles. The smallest absolute Gasteiger partial charge is 0.145 e. The van der Waals surface area contributed by atoms with E-state index in [0.29, 0.717) is 33.1 Å². The molecule has 2 aromatic carbocycles. The number of hydrogen-bond acceptors (Lipinski definition) is 6. The van der Waals surface area contributed by atoms with Crippen LogP contribution < -0.4 is 10.1 Å². The first-order valence-electron chi connectivity index (χ1n) is 9.16. The van der Waals surface area contributed by atoms with Gasteiger partial charge in [0.2, 0.25) is 0 Å².